The minimum Gasteiger partial charge on any atom is -0.344 e. The number of aromatic nitrogens is 1. The number of hydrogen-bond acceptors (Lipinski definition) is 6. The van der Waals surface area contributed by atoms with Crippen molar-refractivity contribution in [2.75, 3.05) is 18.1 Å². The molecule has 19 heavy (non-hydrogen) atoms. The Hall–Kier alpha value is -0.990. The van der Waals surface area contributed by atoms with Crippen LogP contribution in [0.25, 0.3) is 0 Å². The van der Waals surface area contributed by atoms with Gasteiger partial charge in [0.05, 0.1) is 22.1 Å². The van der Waals surface area contributed by atoms with E-state index in [2.05, 4.69) is 10.3 Å². The van der Waals surface area contributed by atoms with Crippen molar-refractivity contribution in [3.8, 4) is 0 Å². The number of carbonyl (C=O) groups is 1. The van der Waals surface area contributed by atoms with Crippen molar-refractivity contribution in [3.05, 3.63) is 16.1 Å². The highest BCUT2D eigenvalue weighted by atomic mass is 32.2. The number of nitrogens with one attached hydrogen (secondary N) is 1. The molecule has 0 bridgehead atoms. The molecule has 106 valence electrons. The number of rotatable bonds is 4. The van der Waals surface area contributed by atoms with Crippen LogP contribution >= 0.6 is 11.3 Å². The highest BCUT2D eigenvalue weighted by Gasteiger charge is 2.39. The van der Waals surface area contributed by atoms with Crippen molar-refractivity contribution in [2.45, 2.75) is 25.3 Å². The van der Waals surface area contributed by atoms with Crippen molar-refractivity contribution in [3.63, 3.8) is 0 Å². The highest BCUT2D eigenvalue weighted by molar-refractivity contribution is 7.91. The first-order chi connectivity index (χ1) is 8.84. The molecular weight excluding hydrogens is 286 g/mol. The Labute approximate surface area is 116 Å². The van der Waals surface area contributed by atoms with Gasteiger partial charge in [-0.2, -0.15) is 0 Å². The molecule has 2 heterocycles. The molecule has 0 radical (unpaired) electrons. The molecule has 1 aromatic rings. The van der Waals surface area contributed by atoms with Gasteiger partial charge in [0.15, 0.2) is 9.84 Å². The topological polar surface area (TPSA) is 102 Å². The average Bonchev–Trinajstić information content (AvgIpc) is 2.84. The summed E-state index contributed by atoms with van der Waals surface area (Å²) in [6, 6.07) is 0. The summed E-state index contributed by atoms with van der Waals surface area (Å²) in [6.45, 7) is 2.24. The number of hydrogen-bond donors (Lipinski definition) is 2. The minimum absolute atomic E-state index is 0.00840. The van der Waals surface area contributed by atoms with Crippen LogP contribution < -0.4 is 11.1 Å². The van der Waals surface area contributed by atoms with Crippen LogP contribution in [0.4, 0.5) is 0 Å². The molecule has 0 spiro atoms. The van der Waals surface area contributed by atoms with E-state index in [4.69, 9.17) is 5.73 Å². The van der Waals surface area contributed by atoms with Gasteiger partial charge in [-0.05, 0) is 19.9 Å². The summed E-state index contributed by atoms with van der Waals surface area (Å²) in [6.07, 6.45) is 1.09. The second-order valence-electron chi connectivity index (χ2n) is 5.02. The third-order valence-corrected chi connectivity index (χ3v) is 5.87. The first kappa shape index (κ1) is 14.4. The first-order valence-electron chi connectivity index (χ1n) is 6.01. The smallest absolute Gasteiger partial charge is 0.271 e. The second kappa shape index (κ2) is 5.18. The van der Waals surface area contributed by atoms with Crippen LogP contribution in [0.5, 0.6) is 0 Å². The second-order valence-corrected chi connectivity index (χ2v) is 8.15. The highest BCUT2D eigenvalue weighted by Crippen LogP contribution is 2.23. The fraction of sp³-hybridized carbons (Fsp3) is 0.636. The van der Waals surface area contributed by atoms with Crippen LogP contribution in [0.2, 0.25) is 0 Å². The molecule has 1 aliphatic rings. The van der Waals surface area contributed by atoms with Crippen molar-refractivity contribution in [1.29, 1.82) is 0 Å². The average molecular weight is 303 g/mol. The number of amides is 1. The lowest BCUT2D eigenvalue weighted by Crippen LogP contribution is -2.47. The van der Waals surface area contributed by atoms with Crippen molar-refractivity contribution < 1.29 is 13.2 Å². The van der Waals surface area contributed by atoms with Gasteiger partial charge in [-0.3, -0.25) is 4.79 Å². The van der Waals surface area contributed by atoms with Crippen LogP contribution in [0.1, 0.15) is 28.8 Å². The zero-order valence-electron chi connectivity index (χ0n) is 10.7. The van der Waals surface area contributed by atoms with Crippen molar-refractivity contribution in [1.82, 2.24) is 10.3 Å². The molecule has 2 rings (SSSR count). The molecule has 1 aliphatic heterocycles. The van der Waals surface area contributed by atoms with E-state index < -0.39 is 15.4 Å². The predicted molar refractivity (Wildman–Crippen MR) is 74.0 cm³/mol. The summed E-state index contributed by atoms with van der Waals surface area (Å²) in [5.74, 6) is -0.204. The lowest BCUT2D eigenvalue weighted by atomic mass is 10.0. The van der Waals surface area contributed by atoms with Gasteiger partial charge < -0.3 is 11.1 Å². The lowest BCUT2D eigenvalue weighted by Gasteiger charge is -2.23. The maximum absolute atomic E-state index is 12.0. The van der Waals surface area contributed by atoms with E-state index in [1.807, 2.05) is 0 Å². The van der Waals surface area contributed by atoms with Crippen LogP contribution in [-0.4, -0.2) is 42.9 Å². The number of nitrogens with zero attached hydrogens (tertiary/aromatic N) is 1. The number of nitrogens with two attached hydrogens (primary N) is 1. The normalized spacial score (nSPS) is 25.4. The molecule has 8 heteroatoms. The fourth-order valence-electron chi connectivity index (χ4n) is 2.10. The van der Waals surface area contributed by atoms with E-state index in [9.17, 15) is 13.2 Å². The Morgan fingerprint density at radius 3 is 2.95 bits per heavy atom. The standard InChI is InChI=1S/C11H17N3O3S2/c1-11(3-5-19(16,17)7-11)14-10(15)8-6-18-9(13-8)2-4-12/h6H,2-5,7,12H2,1H3,(H,14,15). The molecule has 0 aromatic carbocycles. The van der Waals surface area contributed by atoms with Gasteiger partial charge in [-0.15, -0.1) is 11.3 Å². The Balaban J connectivity index is 2.04. The summed E-state index contributed by atoms with van der Waals surface area (Å²) < 4.78 is 22.9. The van der Waals surface area contributed by atoms with Crippen molar-refractivity contribution >= 4 is 27.1 Å². The van der Waals surface area contributed by atoms with Gasteiger partial charge in [0.2, 0.25) is 0 Å². The summed E-state index contributed by atoms with van der Waals surface area (Å²) in [5, 5.41) is 5.27. The molecule has 1 atom stereocenters. The van der Waals surface area contributed by atoms with Gasteiger partial charge in [0.1, 0.15) is 5.69 Å². The van der Waals surface area contributed by atoms with Crippen LogP contribution in [0.15, 0.2) is 5.38 Å². The molecule has 0 saturated carbocycles. The summed E-state index contributed by atoms with van der Waals surface area (Å²) >= 11 is 1.39. The Morgan fingerprint density at radius 2 is 2.37 bits per heavy atom. The summed E-state index contributed by atoms with van der Waals surface area (Å²) in [4.78, 5) is 16.2. The largest absolute Gasteiger partial charge is 0.344 e. The van der Waals surface area contributed by atoms with Crippen LogP contribution in [0, 0.1) is 0 Å². The Kier molecular flexibility index (Phi) is 3.93. The summed E-state index contributed by atoms with van der Waals surface area (Å²) in [5.41, 5.74) is 5.07. The molecule has 1 aromatic heterocycles. The number of carbonyl (C=O) groups excluding carboxylic acids is 1. The number of thiazole rings is 1. The lowest BCUT2D eigenvalue weighted by molar-refractivity contribution is 0.0911. The summed E-state index contributed by atoms with van der Waals surface area (Å²) in [7, 11) is -3.03. The molecule has 1 fully saturated rings. The molecule has 1 amide bonds. The first-order valence-corrected chi connectivity index (χ1v) is 8.71. The maximum Gasteiger partial charge on any atom is 0.271 e. The van der Waals surface area contributed by atoms with E-state index in [1.54, 1.807) is 12.3 Å². The minimum atomic E-state index is -3.03. The van der Waals surface area contributed by atoms with Crippen LogP contribution in [-0.2, 0) is 16.3 Å². The fourth-order valence-corrected chi connectivity index (χ4v) is 4.99. The molecule has 1 unspecified atom stereocenters. The third kappa shape index (κ3) is 3.52. The quantitative estimate of drug-likeness (QED) is 0.812. The van der Waals surface area contributed by atoms with E-state index >= 15 is 0 Å². The van der Waals surface area contributed by atoms with Crippen LogP contribution in [0.3, 0.4) is 0 Å². The van der Waals surface area contributed by atoms with E-state index in [0.29, 0.717) is 25.1 Å². The van der Waals surface area contributed by atoms with E-state index in [1.165, 1.54) is 11.3 Å². The molecule has 3 N–H and O–H groups in total. The third-order valence-electron chi connectivity index (χ3n) is 3.06. The Bertz CT molecular complexity index is 582. The van der Waals surface area contributed by atoms with Gasteiger partial charge in [-0.25, -0.2) is 13.4 Å². The molecule has 0 aliphatic carbocycles. The predicted octanol–water partition coefficient (Wildman–Crippen LogP) is -0.0487. The van der Waals surface area contributed by atoms with E-state index in [-0.39, 0.29) is 17.4 Å². The zero-order chi connectivity index (χ0) is 14.1. The zero-order valence-corrected chi connectivity index (χ0v) is 12.3. The van der Waals surface area contributed by atoms with Gasteiger partial charge in [0.25, 0.3) is 5.91 Å². The van der Waals surface area contributed by atoms with Gasteiger partial charge in [-0.1, -0.05) is 0 Å². The van der Waals surface area contributed by atoms with E-state index in [0.717, 1.165) is 5.01 Å². The van der Waals surface area contributed by atoms with Crippen molar-refractivity contribution in [2.24, 2.45) is 5.73 Å². The number of sulfone groups is 1. The monoisotopic (exact) mass is 303 g/mol. The van der Waals surface area contributed by atoms with Gasteiger partial charge >= 0.3 is 0 Å². The molecule has 1 saturated heterocycles. The van der Waals surface area contributed by atoms with Gasteiger partial charge in [0, 0.05) is 11.8 Å². The Morgan fingerprint density at radius 1 is 1.63 bits per heavy atom. The SMILES string of the molecule is CC1(NC(=O)c2csc(CCN)n2)CCS(=O)(=O)C1. The molecular formula is C11H17N3O3S2. The maximum atomic E-state index is 12.0. The molecule has 6 nitrogen and oxygen atoms in total.